The summed E-state index contributed by atoms with van der Waals surface area (Å²) in [6.07, 6.45) is -3.14. The van der Waals surface area contributed by atoms with Crippen LogP contribution in [0, 0.1) is 5.41 Å². The lowest BCUT2D eigenvalue weighted by Crippen LogP contribution is -2.41. The van der Waals surface area contributed by atoms with E-state index in [9.17, 15) is 27.6 Å². The zero-order chi connectivity index (χ0) is 27.8. The summed E-state index contributed by atoms with van der Waals surface area (Å²) < 4.78 is 46.5. The maximum absolute atomic E-state index is 13.6. The average molecular weight is 567 g/mol. The molecule has 2 aromatic carbocycles. The van der Waals surface area contributed by atoms with Gasteiger partial charge in [-0.15, -0.1) is 0 Å². The molecule has 1 fully saturated rings. The van der Waals surface area contributed by atoms with Gasteiger partial charge in [-0.1, -0.05) is 23.2 Å². The average Bonchev–Trinajstić information content (AvgIpc) is 3.68. The van der Waals surface area contributed by atoms with Crippen LogP contribution < -0.4 is 20.7 Å². The van der Waals surface area contributed by atoms with Crippen molar-refractivity contribution in [2.24, 2.45) is 11.1 Å². The van der Waals surface area contributed by atoms with Crippen molar-refractivity contribution in [2.45, 2.75) is 19.0 Å². The largest absolute Gasteiger partial charge is 0.457 e. The van der Waals surface area contributed by atoms with Crippen LogP contribution in [0.5, 0.6) is 11.5 Å². The van der Waals surface area contributed by atoms with E-state index >= 15 is 0 Å². The molecular weight excluding hydrogens is 548 g/mol. The third-order valence-electron chi connectivity index (χ3n) is 5.93. The number of amides is 3. The minimum Gasteiger partial charge on any atom is -0.457 e. The van der Waals surface area contributed by atoms with Crippen LogP contribution in [0.3, 0.4) is 0 Å². The van der Waals surface area contributed by atoms with E-state index in [1.165, 1.54) is 49.6 Å². The highest BCUT2D eigenvalue weighted by Crippen LogP contribution is 2.50. The molecule has 3 N–H and O–H groups in total. The van der Waals surface area contributed by atoms with Crippen LogP contribution in [0.1, 0.15) is 28.9 Å². The van der Waals surface area contributed by atoms with Crippen molar-refractivity contribution in [3.05, 3.63) is 76.0 Å². The number of hydrogen-bond acceptors (Lipinski definition) is 5. The van der Waals surface area contributed by atoms with E-state index in [4.69, 9.17) is 33.7 Å². The fourth-order valence-corrected chi connectivity index (χ4v) is 4.22. The highest BCUT2D eigenvalue weighted by Gasteiger charge is 2.57. The first-order valence-corrected chi connectivity index (χ1v) is 11.8. The first-order chi connectivity index (χ1) is 17.9. The van der Waals surface area contributed by atoms with E-state index < -0.39 is 39.9 Å². The van der Waals surface area contributed by atoms with Gasteiger partial charge in [0.25, 0.3) is 5.91 Å². The normalized spacial score (nSPS) is 13.9. The first kappa shape index (κ1) is 27.2. The highest BCUT2D eigenvalue weighted by atomic mass is 35.5. The number of anilines is 2. The van der Waals surface area contributed by atoms with Crippen molar-refractivity contribution < 1.29 is 32.3 Å². The van der Waals surface area contributed by atoms with E-state index in [0.29, 0.717) is 6.07 Å². The Bertz CT molecular complexity index is 1440. The number of alkyl halides is 3. The smallest absolute Gasteiger partial charge is 0.417 e. The summed E-state index contributed by atoms with van der Waals surface area (Å²) in [6, 6.07) is 9.93. The molecule has 13 heteroatoms. The molecule has 1 saturated carbocycles. The molecule has 38 heavy (non-hydrogen) atoms. The second-order valence-corrected chi connectivity index (χ2v) is 9.23. The number of rotatable bonds is 7. The Morgan fingerprint density at radius 2 is 1.71 bits per heavy atom. The Labute approximate surface area is 224 Å². The molecule has 1 aromatic heterocycles. The maximum Gasteiger partial charge on any atom is 0.417 e. The molecule has 1 aliphatic carbocycles. The highest BCUT2D eigenvalue weighted by molar-refractivity contribution is 6.35. The van der Waals surface area contributed by atoms with E-state index in [1.807, 2.05) is 0 Å². The number of benzene rings is 2. The molecule has 0 radical (unpaired) electrons. The van der Waals surface area contributed by atoms with Gasteiger partial charge in [-0.2, -0.15) is 13.2 Å². The summed E-state index contributed by atoms with van der Waals surface area (Å²) in [7, 11) is 1.45. The molecule has 1 heterocycles. The number of hydrogen-bond donors (Lipinski definition) is 2. The molecule has 198 valence electrons. The molecule has 0 unspecified atom stereocenters. The Balaban J connectivity index is 1.75. The number of primary amides is 1. The van der Waals surface area contributed by atoms with Gasteiger partial charge in [0.15, 0.2) is 0 Å². The number of carbonyl (C=O) groups excluding carboxylic acids is 3. The standard InChI is InChI=1S/C25H19Cl2F3N4O4/c1-32-21(35)19-12-15(6-9-33-19)38-14-3-5-20(18(27)11-14)34(23(37)24(7-8-24)22(31)36)13-2-4-17(26)16(10-13)25(28,29)30/h2-6,9-12H,7-8H2,1H3,(H2,31,36)(H,32,35). The van der Waals surface area contributed by atoms with Crippen LogP contribution in [-0.4, -0.2) is 29.8 Å². The van der Waals surface area contributed by atoms with Crippen LogP contribution in [0.2, 0.25) is 10.0 Å². The Hall–Kier alpha value is -3.83. The van der Waals surface area contributed by atoms with Crippen molar-refractivity contribution in [1.29, 1.82) is 0 Å². The molecule has 3 aromatic rings. The molecule has 0 spiro atoms. The quantitative estimate of drug-likeness (QED) is 0.367. The lowest BCUT2D eigenvalue weighted by atomic mass is 10.0. The third-order valence-corrected chi connectivity index (χ3v) is 6.57. The van der Waals surface area contributed by atoms with Gasteiger partial charge in [-0.05, 0) is 49.2 Å². The number of aromatic nitrogens is 1. The SMILES string of the molecule is CNC(=O)c1cc(Oc2ccc(N(C(=O)C3(C(N)=O)CC3)c3ccc(Cl)c(C(F)(F)F)c3)c(Cl)c2)ccn1. The molecule has 0 saturated heterocycles. The van der Waals surface area contributed by atoms with Crippen LogP contribution in [-0.2, 0) is 15.8 Å². The van der Waals surface area contributed by atoms with Gasteiger partial charge in [0, 0.05) is 31.1 Å². The number of nitrogens with zero attached hydrogens (tertiary/aromatic N) is 2. The van der Waals surface area contributed by atoms with Gasteiger partial charge >= 0.3 is 6.18 Å². The fourth-order valence-electron chi connectivity index (χ4n) is 3.74. The van der Waals surface area contributed by atoms with Gasteiger partial charge in [-0.25, -0.2) is 0 Å². The van der Waals surface area contributed by atoms with E-state index in [2.05, 4.69) is 10.3 Å². The topological polar surface area (TPSA) is 115 Å². The number of halogens is 5. The molecule has 1 aliphatic rings. The van der Waals surface area contributed by atoms with Crippen molar-refractivity contribution in [3.8, 4) is 11.5 Å². The van der Waals surface area contributed by atoms with Crippen molar-refractivity contribution in [3.63, 3.8) is 0 Å². The summed E-state index contributed by atoms with van der Waals surface area (Å²) in [6.45, 7) is 0. The molecule has 0 aliphatic heterocycles. The van der Waals surface area contributed by atoms with Gasteiger partial charge in [0.05, 0.1) is 21.3 Å². The Morgan fingerprint density at radius 1 is 1.03 bits per heavy atom. The van der Waals surface area contributed by atoms with Crippen molar-refractivity contribution in [1.82, 2.24) is 10.3 Å². The second kappa shape index (κ2) is 10.1. The number of ether oxygens (including phenoxy) is 1. The summed E-state index contributed by atoms with van der Waals surface area (Å²) in [5, 5.41) is 1.81. The summed E-state index contributed by atoms with van der Waals surface area (Å²) in [5.74, 6) is -1.68. The van der Waals surface area contributed by atoms with Crippen LogP contribution in [0.15, 0.2) is 54.7 Å². The minimum absolute atomic E-state index is 0.00670. The number of nitrogens with one attached hydrogen (secondary N) is 1. The molecule has 3 amide bonds. The zero-order valence-electron chi connectivity index (χ0n) is 19.6. The molecule has 0 bridgehead atoms. The van der Waals surface area contributed by atoms with Gasteiger partial charge in [0.1, 0.15) is 22.6 Å². The van der Waals surface area contributed by atoms with E-state index in [-0.39, 0.29) is 46.4 Å². The van der Waals surface area contributed by atoms with E-state index in [0.717, 1.165) is 11.0 Å². The molecular formula is C25H19Cl2F3N4O4. The first-order valence-electron chi connectivity index (χ1n) is 11.0. The fraction of sp³-hybridized carbons (Fsp3) is 0.200. The lowest BCUT2D eigenvalue weighted by Gasteiger charge is -2.28. The van der Waals surface area contributed by atoms with Crippen molar-refractivity contribution >= 4 is 52.3 Å². The zero-order valence-corrected chi connectivity index (χ0v) is 21.1. The Morgan fingerprint density at radius 3 is 2.29 bits per heavy atom. The van der Waals surface area contributed by atoms with E-state index in [1.54, 1.807) is 0 Å². The number of nitrogens with two attached hydrogens (primary N) is 1. The maximum atomic E-state index is 13.6. The lowest BCUT2D eigenvalue weighted by molar-refractivity contribution is -0.138. The number of pyridine rings is 1. The molecule has 8 nitrogen and oxygen atoms in total. The summed E-state index contributed by atoms with van der Waals surface area (Å²) in [4.78, 5) is 42.3. The van der Waals surface area contributed by atoms with Crippen LogP contribution in [0.4, 0.5) is 24.5 Å². The Kier molecular flexibility index (Phi) is 7.26. The van der Waals surface area contributed by atoms with Gasteiger partial charge < -0.3 is 15.8 Å². The van der Waals surface area contributed by atoms with Gasteiger partial charge in [0.2, 0.25) is 11.8 Å². The third kappa shape index (κ3) is 5.25. The second-order valence-electron chi connectivity index (χ2n) is 8.42. The predicted molar refractivity (Wildman–Crippen MR) is 134 cm³/mol. The number of carbonyl (C=O) groups is 3. The molecule has 4 rings (SSSR count). The van der Waals surface area contributed by atoms with Crippen LogP contribution >= 0.6 is 23.2 Å². The monoisotopic (exact) mass is 566 g/mol. The summed E-state index contributed by atoms with van der Waals surface area (Å²) >= 11 is 12.2. The van der Waals surface area contributed by atoms with Gasteiger partial charge in [-0.3, -0.25) is 24.3 Å². The van der Waals surface area contributed by atoms with Crippen molar-refractivity contribution in [2.75, 3.05) is 11.9 Å². The van der Waals surface area contributed by atoms with Crippen LogP contribution in [0.25, 0.3) is 0 Å². The predicted octanol–water partition coefficient (Wildman–Crippen LogP) is 5.49. The summed E-state index contributed by atoms with van der Waals surface area (Å²) in [5.41, 5.74) is 2.62. The minimum atomic E-state index is -4.80. The molecule has 0 atom stereocenters.